The predicted molar refractivity (Wildman–Crippen MR) is 90.2 cm³/mol. The number of urea groups is 1. The van der Waals surface area contributed by atoms with Crippen molar-refractivity contribution in [2.45, 2.75) is 40.0 Å². The van der Waals surface area contributed by atoms with Crippen LogP contribution in [0.5, 0.6) is 0 Å². The molecule has 0 spiro atoms. The second-order valence-electron chi connectivity index (χ2n) is 5.20. The molecule has 0 bridgehead atoms. The van der Waals surface area contributed by atoms with Gasteiger partial charge in [-0.15, -0.1) is 0 Å². The standard InChI is InChI=1S/C17H27N3O2/c1-4-7-12-20(6-3)17(22)19-15-10-8-9-14(13-15)16(21)18-11-5-2/h8-10,13H,4-7,11-12H2,1-3H3,(H,18,21)(H,19,22). The van der Waals surface area contributed by atoms with Gasteiger partial charge >= 0.3 is 6.03 Å². The van der Waals surface area contributed by atoms with Crippen molar-refractivity contribution in [2.75, 3.05) is 25.0 Å². The lowest BCUT2D eigenvalue weighted by Gasteiger charge is -2.21. The topological polar surface area (TPSA) is 61.4 Å². The second kappa shape index (κ2) is 9.82. The van der Waals surface area contributed by atoms with Gasteiger partial charge in [-0.25, -0.2) is 4.79 Å². The van der Waals surface area contributed by atoms with Gasteiger partial charge in [0.15, 0.2) is 0 Å². The van der Waals surface area contributed by atoms with Crippen LogP contribution >= 0.6 is 0 Å². The molecule has 1 aromatic carbocycles. The number of nitrogens with zero attached hydrogens (tertiary/aromatic N) is 1. The quantitative estimate of drug-likeness (QED) is 0.772. The smallest absolute Gasteiger partial charge is 0.321 e. The van der Waals surface area contributed by atoms with Crippen LogP contribution < -0.4 is 10.6 Å². The maximum Gasteiger partial charge on any atom is 0.321 e. The zero-order valence-electron chi connectivity index (χ0n) is 13.8. The van der Waals surface area contributed by atoms with Crippen molar-refractivity contribution in [1.82, 2.24) is 10.2 Å². The molecule has 0 aliphatic carbocycles. The van der Waals surface area contributed by atoms with Gasteiger partial charge in [0.05, 0.1) is 0 Å². The van der Waals surface area contributed by atoms with Gasteiger partial charge in [0.25, 0.3) is 5.91 Å². The first-order valence-electron chi connectivity index (χ1n) is 8.06. The van der Waals surface area contributed by atoms with Gasteiger partial charge in [-0.3, -0.25) is 4.79 Å². The van der Waals surface area contributed by atoms with Crippen LogP contribution in [-0.4, -0.2) is 36.5 Å². The molecule has 0 fully saturated rings. The van der Waals surface area contributed by atoms with Gasteiger partial charge in [0.1, 0.15) is 0 Å². The number of anilines is 1. The summed E-state index contributed by atoms with van der Waals surface area (Å²) in [5.41, 5.74) is 1.20. The lowest BCUT2D eigenvalue weighted by atomic mass is 10.2. The van der Waals surface area contributed by atoms with E-state index in [1.54, 1.807) is 29.2 Å². The maximum absolute atomic E-state index is 12.2. The number of carbonyl (C=O) groups excluding carboxylic acids is 2. The van der Waals surface area contributed by atoms with Crippen LogP contribution in [0.2, 0.25) is 0 Å². The number of unbranched alkanes of at least 4 members (excludes halogenated alkanes) is 1. The Balaban J connectivity index is 2.68. The van der Waals surface area contributed by atoms with Crippen molar-refractivity contribution in [1.29, 1.82) is 0 Å². The number of carbonyl (C=O) groups is 2. The summed E-state index contributed by atoms with van der Waals surface area (Å²) in [6, 6.07) is 6.90. The van der Waals surface area contributed by atoms with Crippen LogP contribution in [0.15, 0.2) is 24.3 Å². The number of amides is 3. The van der Waals surface area contributed by atoms with E-state index in [9.17, 15) is 9.59 Å². The molecule has 3 amide bonds. The number of benzene rings is 1. The summed E-state index contributed by atoms with van der Waals surface area (Å²) in [6.45, 7) is 8.13. The Hall–Kier alpha value is -2.04. The molecule has 0 saturated heterocycles. The van der Waals surface area contributed by atoms with E-state index < -0.39 is 0 Å². The van der Waals surface area contributed by atoms with Crippen LogP contribution in [0.25, 0.3) is 0 Å². The van der Waals surface area contributed by atoms with E-state index in [1.807, 2.05) is 13.8 Å². The summed E-state index contributed by atoms with van der Waals surface area (Å²) in [4.78, 5) is 25.9. The van der Waals surface area contributed by atoms with E-state index in [2.05, 4.69) is 17.6 Å². The van der Waals surface area contributed by atoms with Crippen LogP contribution in [0.3, 0.4) is 0 Å². The first-order valence-corrected chi connectivity index (χ1v) is 8.06. The molecule has 0 unspecified atom stereocenters. The largest absolute Gasteiger partial charge is 0.352 e. The normalized spacial score (nSPS) is 10.1. The molecule has 1 aromatic rings. The second-order valence-corrected chi connectivity index (χ2v) is 5.20. The lowest BCUT2D eigenvalue weighted by molar-refractivity contribution is 0.0953. The highest BCUT2D eigenvalue weighted by atomic mass is 16.2. The third-order valence-electron chi connectivity index (χ3n) is 3.36. The Morgan fingerprint density at radius 1 is 1.14 bits per heavy atom. The number of hydrogen-bond donors (Lipinski definition) is 2. The van der Waals surface area contributed by atoms with Crippen molar-refractivity contribution in [3.63, 3.8) is 0 Å². The van der Waals surface area contributed by atoms with Crippen LogP contribution in [0, 0.1) is 0 Å². The summed E-state index contributed by atoms with van der Waals surface area (Å²) >= 11 is 0. The molecular weight excluding hydrogens is 278 g/mol. The molecule has 0 atom stereocenters. The van der Waals surface area contributed by atoms with Crippen LogP contribution in [0.1, 0.15) is 50.4 Å². The molecule has 0 aliphatic heterocycles. The first kappa shape index (κ1) is 18.0. The van der Waals surface area contributed by atoms with E-state index in [-0.39, 0.29) is 11.9 Å². The molecular formula is C17H27N3O2. The summed E-state index contributed by atoms with van der Waals surface area (Å²) in [5.74, 6) is -0.115. The monoisotopic (exact) mass is 305 g/mol. The average Bonchev–Trinajstić information content (AvgIpc) is 2.53. The van der Waals surface area contributed by atoms with E-state index >= 15 is 0 Å². The van der Waals surface area contributed by atoms with Gasteiger partial charge in [-0.1, -0.05) is 26.3 Å². The summed E-state index contributed by atoms with van der Waals surface area (Å²) in [6.07, 6.45) is 2.93. The van der Waals surface area contributed by atoms with Gasteiger partial charge in [0.2, 0.25) is 0 Å². The maximum atomic E-state index is 12.2. The molecule has 0 saturated carbocycles. The molecule has 5 heteroatoms. The zero-order valence-corrected chi connectivity index (χ0v) is 13.8. The third kappa shape index (κ3) is 5.76. The molecule has 122 valence electrons. The van der Waals surface area contributed by atoms with Gasteiger partial charge in [-0.05, 0) is 38.0 Å². The van der Waals surface area contributed by atoms with E-state index in [0.29, 0.717) is 24.3 Å². The molecule has 0 radical (unpaired) electrons. The highest BCUT2D eigenvalue weighted by Gasteiger charge is 2.12. The first-order chi connectivity index (χ1) is 10.6. The fourth-order valence-electron chi connectivity index (χ4n) is 2.03. The zero-order chi connectivity index (χ0) is 16.4. The lowest BCUT2D eigenvalue weighted by Crippen LogP contribution is -2.35. The van der Waals surface area contributed by atoms with Crippen molar-refractivity contribution in [3.05, 3.63) is 29.8 Å². The SMILES string of the molecule is CCCCN(CC)C(=O)Nc1cccc(C(=O)NCCC)c1. The predicted octanol–water partition coefficient (Wildman–Crippen LogP) is 3.48. The van der Waals surface area contributed by atoms with Crippen LogP contribution in [0.4, 0.5) is 10.5 Å². The minimum atomic E-state index is -0.123. The molecule has 0 heterocycles. The van der Waals surface area contributed by atoms with Crippen molar-refractivity contribution in [2.24, 2.45) is 0 Å². The fourth-order valence-corrected chi connectivity index (χ4v) is 2.03. The van der Waals surface area contributed by atoms with E-state index in [0.717, 1.165) is 25.8 Å². The van der Waals surface area contributed by atoms with Gasteiger partial charge in [-0.2, -0.15) is 0 Å². The summed E-state index contributed by atoms with van der Waals surface area (Å²) < 4.78 is 0. The minimum Gasteiger partial charge on any atom is -0.352 e. The minimum absolute atomic E-state index is 0.115. The number of nitrogens with one attached hydrogen (secondary N) is 2. The fraction of sp³-hybridized carbons (Fsp3) is 0.529. The highest BCUT2D eigenvalue weighted by Crippen LogP contribution is 2.12. The molecule has 0 aliphatic rings. The van der Waals surface area contributed by atoms with Crippen molar-refractivity contribution < 1.29 is 9.59 Å². The van der Waals surface area contributed by atoms with E-state index in [1.165, 1.54) is 0 Å². The third-order valence-corrected chi connectivity index (χ3v) is 3.36. The highest BCUT2D eigenvalue weighted by molar-refractivity contribution is 5.96. The average molecular weight is 305 g/mol. The Morgan fingerprint density at radius 3 is 2.55 bits per heavy atom. The molecule has 1 rings (SSSR count). The Morgan fingerprint density at radius 2 is 1.91 bits per heavy atom. The number of hydrogen-bond acceptors (Lipinski definition) is 2. The van der Waals surface area contributed by atoms with Gasteiger partial charge in [0, 0.05) is 30.9 Å². The van der Waals surface area contributed by atoms with Crippen molar-refractivity contribution in [3.8, 4) is 0 Å². The molecule has 2 N–H and O–H groups in total. The molecule has 5 nitrogen and oxygen atoms in total. The molecule has 0 aromatic heterocycles. The van der Waals surface area contributed by atoms with E-state index in [4.69, 9.17) is 0 Å². The van der Waals surface area contributed by atoms with Crippen LogP contribution in [-0.2, 0) is 0 Å². The summed E-state index contributed by atoms with van der Waals surface area (Å²) in [7, 11) is 0. The number of rotatable bonds is 8. The Kier molecular flexibility index (Phi) is 8.04. The molecule has 22 heavy (non-hydrogen) atoms. The Labute approximate surface area is 133 Å². The Bertz CT molecular complexity index is 489. The van der Waals surface area contributed by atoms with Gasteiger partial charge < -0.3 is 15.5 Å². The summed E-state index contributed by atoms with van der Waals surface area (Å²) in [5, 5.41) is 5.69. The van der Waals surface area contributed by atoms with Crippen molar-refractivity contribution >= 4 is 17.6 Å².